The quantitative estimate of drug-likeness (QED) is 0.648. The van der Waals surface area contributed by atoms with E-state index in [9.17, 15) is 9.50 Å². The Kier molecular flexibility index (Phi) is 8.42. The topological polar surface area (TPSA) is 41.5 Å². The molecule has 0 fully saturated rings. The number of halogens is 1. The fourth-order valence-electron chi connectivity index (χ4n) is 1.96. The van der Waals surface area contributed by atoms with Gasteiger partial charge in [0.2, 0.25) is 0 Å². The number of hydrogen-bond acceptors (Lipinski definition) is 3. The van der Waals surface area contributed by atoms with Crippen LogP contribution in [-0.2, 0) is 11.2 Å². The number of ether oxygens (including phenoxy) is 1. The summed E-state index contributed by atoms with van der Waals surface area (Å²) in [6.45, 7) is 6.39. The van der Waals surface area contributed by atoms with Crippen LogP contribution in [0.3, 0.4) is 0 Å². The van der Waals surface area contributed by atoms with E-state index in [-0.39, 0.29) is 5.82 Å². The van der Waals surface area contributed by atoms with Gasteiger partial charge in [-0.15, -0.1) is 0 Å². The van der Waals surface area contributed by atoms with Gasteiger partial charge in [-0.05, 0) is 49.6 Å². The lowest BCUT2D eigenvalue weighted by Gasteiger charge is -2.13. The molecule has 1 aromatic carbocycles. The molecule has 1 unspecified atom stereocenters. The van der Waals surface area contributed by atoms with Crippen molar-refractivity contribution in [2.75, 3.05) is 26.3 Å². The molecule has 1 atom stereocenters. The maximum Gasteiger partial charge on any atom is 0.123 e. The molecule has 0 aliphatic rings. The first-order valence-electron chi connectivity index (χ1n) is 7.35. The van der Waals surface area contributed by atoms with E-state index in [0.29, 0.717) is 19.8 Å². The summed E-state index contributed by atoms with van der Waals surface area (Å²) in [5.74, 6) is -0.196. The molecule has 1 aromatic rings. The fourth-order valence-corrected chi connectivity index (χ4v) is 1.96. The fraction of sp³-hybridized carbons (Fsp3) is 0.625. The highest BCUT2D eigenvalue weighted by Gasteiger charge is 2.04. The van der Waals surface area contributed by atoms with Crippen LogP contribution in [0.25, 0.3) is 0 Å². The number of rotatable bonds is 10. The van der Waals surface area contributed by atoms with Crippen molar-refractivity contribution in [3.63, 3.8) is 0 Å². The van der Waals surface area contributed by atoms with Gasteiger partial charge in [-0.1, -0.05) is 19.4 Å². The van der Waals surface area contributed by atoms with Crippen LogP contribution in [0, 0.1) is 12.7 Å². The lowest BCUT2D eigenvalue weighted by Crippen LogP contribution is -2.31. The van der Waals surface area contributed by atoms with Crippen LogP contribution in [0.5, 0.6) is 0 Å². The Morgan fingerprint density at radius 2 is 2.20 bits per heavy atom. The summed E-state index contributed by atoms with van der Waals surface area (Å²) >= 11 is 0. The van der Waals surface area contributed by atoms with Gasteiger partial charge in [-0.25, -0.2) is 4.39 Å². The SMILES string of the molecule is CCCCOCC(O)CNCCc1ccc(F)cc1C. The minimum Gasteiger partial charge on any atom is -0.389 e. The molecule has 0 bridgehead atoms. The lowest BCUT2D eigenvalue weighted by molar-refractivity contribution is 0.0361. The molecule has 0 saturated carbocycles. The summed E-state index contributed by atoms with van der Waals surface area (Å²) in [5, 5.41) is 12.9. The summed E-state index contributed by atoms with van der Waals surface area (Å²) in [7, 11) is 0. The Balaban J connectivity index is 2.12. The molecule has 0 aliphatic carbocycles. The molecule has 0 saturated heterocycles. The molecule has 3 nitrogen and oxygen atoms in total. The molecular formula is C16H26FNO2. The van der Waals surface area contributed by atoms with Gasteiger partial charge in [0.15, 0.2) is 0 Å². The van der Waals surface area contributed by atoms with Crippen molar-refractivity contribution in [2.24, 2.45) is 0 Å². The van der Waals surface area contributed by atoms with Crippen LogP contribution >= 0.6 is 0 Å². The third-order valence-electron chi connectivity index (χ3n) is 3.21. The van der Waals surface area contributed by atoms with E-state index >= 15 is 0 Å². The Morgan fingerprint density at radius 1 is 1.40 bits per heavy atom. The minimum absolute atomic E-state index is 0.196. The first kappa shape index (κ1) is 17.1. The van der Waals surface area contributed by atoms with Crippen molar-refractivity contribution in [1.29, 1.82) is 0 Å². The summed E-state index contributed by atoms with van der Waals surface area (Å²) < 4.78 is 18.3. The van der Waals surface area contributed by atoms with E-state index in [1.54, 1.807) is 6.07 Å². The van der Waals surface area contributed by atoms with Crippen LogP contribution in [0.1, 0.15) is 30.9 Å². The Morgan fingerprint density at radius 3 is 2.90 bits per heavy atom. The molecule has 0 amide bonds. The van der Waals surface area contributed by atoms with E-state index in [0.717, 1.165) is 36.9 Å². The van der Waals surface area contributed by atoms with E-state index < -0.39 is 6.10 Å². The number of nitrogens with one attached hydrogen (secondary N) is 1. The number of aliphatic hydroxyl groups excluding tert-OH is 1. The van der Waals surface area contributed by atoms with Crippen LogP contribution in [0.4, 0.5) is 4.39 Å². The average Bonchev–Trinajstić information content (AvgIpc) is 2.41. The van der Waals surface area contributed by atoms with Gasteiger partial charge in [0.05, 0.1) is 12.7 Å². The molecule has 114 valence electrons. The van der Waals surface area contributed by atoms with Crippen LogP contribution in [0.15, 0.2) is 18.2 Å². The van der Waals surface area contributed by atoms with E-state index in [4.69, 9.17) is 4.74 Å². The van der Waals surface area contributed by atoms with Crippen LogP contribution in [0.2, 0.25) is 0 Å². The molecule has 4 heteroatoms. The number of aryl methyl sites for hydroxylation is 1. The standard InChI is InChI=1S/C16H26FNO2/c1-3-4-9-20-12-16(19)11-18-8-7-14-5-6-15(17)10-13(14)2/h5-6,10,16,18-19H,3-4,7-9,11-12H2,1-2H3. The van der Waals surface area contributed by atoms with Crippen molar-refractivity contribution >= 4 is 0 Å². The van der Waals surface area contributed by atoms with Crippen molar-refractivity contribution in [1.82, 2.24) is 5.32 Å². The lowest BCUT2D eigenvalue weighted by atomic mass is 10.1. The van der Waals surface area contributed by atoms with Crippen molar-refractivity contribution in [2.45, 2.75) is 39.2 Å². The van der Waals surface area contributed by atoms with Crippen molar-refractivity contribution in [3.8, 4) is 0 Å². The number of benzene rings is 1. The summed E-state index contributed by atoms with van der Waals surface area (Å²) in [6.07, 6.45) is 2.49. The van der Waals surface area contributed by atoms with E-state index in [2.05, 4.69) is 12.2 Å². The molecular weight excluding hydrogens is 257 g/mol. The molecule has 0 spiro atoms. The third kappa shape index (κ3) is 6.98. The van der Waals surface area contributed by atoms with E-state index in [1.165, 1.54) is 6.07 Å². The van der Waals surface area contributed by atoms with Gasteiger partial charge in [-0.3, -0.25) is 0 Å². The second-order valence-electron chi connectivity index (χ2n) is 5.11. The summed E-state index contributed by atoms with van der Waals surface area (Å²) in [5.41, 5.74) is 2.10. The molecule has 0 aliphatic heterocycles. The molecule has 0 aromatic heterocycles. The van der Waals surface area contributed by atoms with Crippen LogP contribution in [-0.4, -0.2) is 37.5 Å². The number of hydrogen-bond donors (Lipinski definition) is 2. The van der Waals surface area contributed by atoms with E-state index in [1.807, 2.05) is 13.0 Å². The second kappa shape index (κ2) is 9.86. The minimum atomic E-state index is -0.471. The first-order valence-corrected chi connectivity index (χ1v) is 7.35. The maximum atomic E-state index is 13.0. The van der Waals surface area contributed by atoms with Gasteiger partial charge in [0, 0.05) is 13.2 Å². The van der Waals surface area contributed by atoms with Gasteiger partial charge in [0.1, 0.15) is 5.82 Å². The molecule has 1 rings (SSSR count). The number of unbranched alkanes of at least 4 members (excludes halogenated alkanes) is 1. The number of aliphatic hydroxyl groups is 1. The molecule has 20 heavy (non-hydrogen) atoms. The predicted octanol–water partition coefficient (Wildman–Crippen LogP) is 2.44. The molecule has 0 heterocycles. The maximum absolute atomic E-state index is 13.0. The monoisotopic (exact) mass is 283 g/mol. The van der Waals surface area contributed by atoms with Crippen molar-refractivity contribution < 1.29 is 14.2 Å². The normalized spacial score (nSPS) is 12.6. The largest absolute Gasteiger partial charge is 0.389 e. The zero-order chi connectivity index (χ0) is 14.8. The smallest absolute Gasteiger partial charge is 0.123 e. The highest BCUT2D eigenvalue weighted by Crippen LogP contribution is 2.10. The van der Waals surface area contributed by atoms with Gasteiger partial charge >= 0.3 is 0 Å². The molecule has 2 N–H and O–H groups in total. The highest BCUT2D eigenvalue weighted by atomic mass is 19.1. The highest BCUT2D eigenvalue weighted by molar-refractivity contribution is 5.26. The Bertz CT molecular complexity index is 385. The zero-order valence-electron chi connectivity index (χ0n) is 12.5. The van der Waals surface area contributed by atoms with Gasteiger partial charge < -0.3 is 15.2 Å². The molecule has 0 radical (unpaired) electrons. The second-order valence-corrected chi connectivity index (χ2v) is 5.11. The first-order chi connectivity index (χ1) is 9.63. The third-order valence-corrected chi connectivity index (χ3v) is 3.21. The van der Waals surface area contributed by atoms with Crippen molar-refractivity contribution in [3.05, 3.63) is 35.1 Å². The predicted molar refractivity (Wildman–Crippen MR) is 79.4 cm³/mol. The zero-order valence-corrected chi connectivity index (χ0v) is 12.5. The average molecular weight is 283 g/mol. The summed E-state index contributed by atoms with van der Waals surface area (Å²) in [4.78, 5) is 0. The Hall–Kier alpha value is -0.970. The van der Waals surface area contributed by atoms with Gasteiger partial charge in [0.25, 0.3) is 0 Å². The summed E-state index contributed by atoms with van der Waals surface area (Å²) in [6, 6.07) is 4.85. The van der Waals surface area contributed by atoms with Crippen LogP contribution < -0.4 is 5.32 Å². The van der Waals surface area contributed by atoms with Gasteiger partial charge in [-0.2, -0.15) is 0 Å². The Labute approximate surface area is 121 Å².